The smallest absolute Gasteiger partial charge is 0.302 e. The minimum atomic E-state index is -0.320. The van der Waals surface area contributed by atoms with Gasteiger partial charge in [0.15, 0.2) is 10.3 Å². The number of carbonyl (C=O) groups excluding carboxylic acids is 3. The lowest BCUT2D eigenvalue weighted by Gasteiger charge is -2.15. The van der Waals surface area contributed by atoms with E-state index in [4.69, 9.17) is 4.74 Å². The fourth-order valence-corrected chi connectivity index (χ4v) is 3.44. The number of nitrogens with zero attached hydrogens (tertiary/aromatic N) is 3. The van der Waals surface area contributed by atoms with Gasteiger partial charge in [0.2, 0.25) is 11.8 Å². The van der Waals surface area contributed by atoms with Crippen molar-refractivity contribution in [1.29, 1.82) is 0 Å². The van der Waals surface area contributed by atoms with Crippen LogP contribution in [0.15, 0.2) is 11.6 Å². The van der Waals surface area contributed by atoms with Crippen molar-refractivity contribution in [2.75, 3.05) is 35.7 Å². The summed E-state index contributed by atoms with van der Waals surface area (Å²) in [6.45, 7) is 3.57. The molecular formula is C15H19N5O4S2. The Morgan fingerprint density at radius 2 is 2.00 bits per heavy atom. The first-order valence-corrected chi connectivity index (χ1v) is 9.35. The molecule has 2 N–H and O–H groups in total. The van der Waals surface area contributed by atoms with E-state index >= 15 is 0 Å². The van der Waals surface area contributed by atoms with Gasteiger partial charge in [-0.2, -0.15) is 0 Å². The van der Waals surface area contributed by atoms with Gasteiger partial charge in [0.25, 0.3) is 0 Å². The van der Waals surface area contributed by atoms with Crippen LogP contribution in [0.5, 0.6) is 0 Å². The van der Waals surface area contributed by atoms with Gasteiger partial charge < -0.3 is 20.3 Å². The summed E-state index contributed by atoms with van der Waals surface area (Å²) in [6.07, 6.45) is 1.74. The van der Waals surface area contributed by atoms with E-state index in [0.29, 0.717) is 22.5 Å². The number of nitrogens with one attached hydrogen (secondary N) is 2. The van der Waals surface area contributed by atoms with Crippen LogP contribution in [0.25, 0.3) is 0 Å². The highest BCUT2D eigenvalue weighted by molar-refractivity contribution is 7.19. The van der Waals surface area contributed by atoms with Crippen LogP contribution in [-0.4, -0.2) is 48.0 Å². The minimum Gasteiger partial charge on any atom is -0.464 e. The highest BCUT2D eigenvalue weighted by Crippen LogP contribution is 2.26. The van der Waals surface area contributed by atoms with Gasteiger partial charge in [0.05, 0.1) is 24.9 Å². The van der Waals surface area contributed by atoms with Crippen LogP contribution >= 0.6 is 22.7 Å². The number of hydrogen-bond acceptors (Lipinski definition) is 9. The van der Waals surface area contributed by atoms with E-state index in [9.17, 15) is 14.4 Å². The minimum absolute atomic E-state index is 0.0906. The maximum absolute atomic E-state index is 12.1. The molecule has 26 heavy (non-hydrogen) atoms. The number of amides is 2. The fourth-order valence-electron chi connectivity index (χ4n) is 1.86. The van der Waals surface area contributed by atoms with Crippen LogP contribution < -0.4 is 15.5 Å². The van der Waals surface area contributed by atoms with E-state index in [1.807, 2.05) is 11.9 Å². The maximum atomic E-state index is 12.1. The summed E-state index contributed by atoms with van der Waals surface area (Å²) in [6, 6.07) is 0. The molecule has 2 rings (SSSR count). The zero-order chi connectivity index (χ0) is 19.1. The highest BCUT2D eigenvalue weighted by atomic mass is 32.1. The first-order chi connectivity index (χ1) is 12.3. The first-order valence-electron chi connectivity index (χ1n) is 7.65. The second kappa shape index (κ2) is 9.25. The molecule has 11 heteroatoms. The van der Waals surface area contributed by atoms with Gasteiger partial charge in [0, 0.05) is 26.3 Å². The van der Waals surface area contributed by atoms with E-state index in [-0.39, 0.29) is 30.8 Å². The summed E-state index contributed by atoms with van der Waals surface area (Å²) in [5.74, 6) is -0.768. The molecule has 0 saturated carbocycles. The molecule has 0 atom stereocenters. The highest BCUT2D eigenvalue weighted by Gasteiger charge is 2.12. The van der Waals surface area contributed by atoms with Crippen molar-refractivity contribution in [2.45, 2.75) is 20.3 Å². The van der Waals surface area contributed by atoms with Gasteiger partial charge in [-0.05, 0) is 0 Å². The number of rotatable bonds is 8. The van der Waals surface area contributed by atoms with Gasteiger partial charge in [-0.25, -0.2) is 9.97 Å². The molecule has 0 aromatic carbocycles. The van der Waals surface area contributed by atoms with Gasteiger partial charge in [-0.3, -0.25) is 14.4 Å². The van der Waals surface area contributed by atoms with Crippen molar-refractivity contribution < 1.29 is 19.1 Å². The van der Waals surface area contributed by atoms with E-state index in [1.165, 1.54) is 36.5 Å². The molecule has 140 valence electrons. The van der Waals surface area contributed by atoms with Crippen molar-refractivity contribution in [1.82, 2.24) is 9.97 Å². The van der Waals surface area contributed by atoms with E-state index in [1.54, 1.807) is 11.6 Å². The summed E-state index contributed by atoms with van der Waals surface area (Å²) >= 11 is 2.59. The van der Waals surface area contributed by atoms with Crippen molar-refractivity contribution in [2.24, 2.45) is 0 Å². The Bertz CT molecular complexity index is 789. The summed E-state index contributed by atoms with van der Waals surface area (Å²) < 4.78 is 4.90. The van der Waals surface area contributed by atoms with E-state index in [0.717, 1.165) is 5.00 Å². The first kappa shape index (κ1) is 19.8. The number of likely N-dealkylation sites (N-methyl/N-ethyl adjacent to an activating group) is 1. The van der Waals surface area contributed by atoms with Crippen LogP contribution in [0.4, 0.5) is 15.3 Å². The molecule has 0 fully saturated rings. The third-order valence-electron chi connectivity index (χ3n) is 3.02. The number of thiazole rings is 2. The van der Waals surface area contributed by atoms with Crippen LogP contribution in [-0.2, 0) is 25.5 Å². The second-order valence-electron chi connectivity index (χ2n) is 5.32. The fraction of sp³-hybridized carbons (Fsp3) is 0.400. The van der Waals surface area contributed by atoms with Gasteiger partial charge in [0.1, 0.15) is 11.6 Å². The monoisotopic (exact) mass is 397 g/mol. The Morgan fingerprint density at radius 1 is 1.23 bits per heavy atom. The Balaban J connectivity index is 1.84. The Labute approximate surface area is 158 Å². The molecule has 0 aliphatic carbocycles. The SMILES string of the molecule is CC(=O)Nc1nc(CC(=O)Nc2ncc(N(C)CCOC(C)=O)s2)cs1. The molecule has 9 nitrogen and oxygen atoms in total. The lowest BCUT2D eigenvalue weighted by atomic mass is 10.3. The number of anilines is 3. The van der Waals surface area contributed by atoms with Crippen LogP contribution in [0.3, 0.4) is 0 Å². The van der Waals surface area contributed by atoms with Gasteiger partial charge in [-0.15, -0.1) is 11.3 Å². The third kappa shape index (κ3) is 6.41. The number of esters is 1. The quantitative estimate of drug-likeness (QED) is 0.652. The van der Waals surface area contributed by atoms with Crippen LogP contribution in [0, 0.1) is 0 Å². The van der Waals surface area contributed by atoms with Gasteiger partial charge >= 0.3 is 5.97 Å². The molecule has 0 spiro atoms. The zero-order valence-corrected chi connectivity index (χ0v) is 16.2. The van der Waals surface area contributed by atoms with Crippen LogP contribution in [0.1, 0.15) is 19.5 Å². The molecular weight excluding hydrogens is 378 g/mol. The summed E-state index contributed by atoms with van der Waals surface area (Å²) in [4.78, 5) is 44.1. The topological polar surface area (TPSA) is 114 Å². The standard InChI is InChI=1S/C15H19N5O4S2/c1-9(21)17-15-18-11(8-25-15)6-12(23)19-14-16-7-13(26-14)20(3)4-5-24-10(2)22/h7-8H,4-6H2,1-3H3,(H,16,19,23)(H,17,18,21). The molecule has 2 aromatic heterocycles. The normalized spacial score (nSPS) is 10.3. The van der Waals surface area contributed by atoms with Crippen LogP contribution in [0.2, 0.25) is 0 Å². The molecule has 0 bridgehead atoms. The number of carbonyl (C=O) groups is 3. The van der Waals surface area contributed by atoms with Gasteiger partial charge in [-0.1, -0.05) is 11.3 Å². The summed E-state index contributed by atoms with van der Waals surface area (Å²) in [5, 5.41) is 8.80. The van der Waals surface area contributed by atoms with Crippen molar-refractivity contribution in [3.8, 4) is 0 Å². The summed E-state index contributed by atoms with van der Waals surface area (Å²) in [5.41, 5.74) is 0.575. The number of aromatic nitrogens is 2. The average molecular weight is 397 g/mol. The predicted molar refractivity (Wildman–Crippen MR) is 101 cm³/mol. The molecule has 0 saturated heterocycles. The Morgan fingerprint density at radius 3 is 2.69 bits per heavy atom. The molecule has 2 heterocycles. The lowest BCUT2D eigenvalue weighted by molar-refractivity contribution is -0.140. The Kier molecular flexibility index (Phi) is 7.04. The molecule has 0 unspecified atom stereocenters. The van der Waals surface area contributed by atoms with E-state index in [2.05, 4.69) is 20.6 Å². The van der Waals surface area contributed by atoms with Crippen molar-refractivity contribution >= 4 is 55.7 Å². The summed E-state index contributed by atoms with van der Waals surface area (Å²) in [7, 11) is 1.85. The third-order valence-corrected chi connectivity index (χ3v) is 4.86. The average Bonchev–Trinajstić information content (AvgIpc) is 3.16. The Hall–Kier alpha value is -2.53. The largest absolute Gasteiger partial charge is 0.464 e. The number of ether oxygens (including phenoxy) is 1. The zero-order valence-electron chi connectivity index (χ0n) is 14.6. The van der Waals surface area contributed by atoms with Crippen molar-refractivity contribution in [3.63, 3.8) is 0 Å². The predicted octanol–water partition coefficient (Wildman–Crippen LogP) is 1.74. The maximum Gasteiger partial charge on any atom is 0.302 e. The molecule has 0 aliphatic heterocycles. The second-order valence-corrected chi connectivity index (χ2v) is 7.18. The molecule has 0 radical (unpaired) electrons. The molecule has 2 amide bonds. The lowest BCUT2D eigenvalue weighted by Crippen LogP contribution is -2.22. The molecule has 0 aliphatic rings. The molecule has 2 aromatic rings. The van der Waals surface area contributed by atoms with Crippen molar-refractivity contribution in [3.05, 3.63) is 17.3 Å². The van der Waals surface area contributed by atoms with E-state index < -0.39 is 0 Å². The number of hydrogen-bond donors (Lipinski definition) is 2.